The number of carboxylic acid groups (broad SMARTS) is 1. The van der Waals surface area contributed by atoms with Crippen molar-refractivity contribution in [3.8, 4) is 5.75 Å². The zero-order valence-electron chi connectivity index (χ0n) is 21.3. The van der Waals surface area contributed by atoms with Crippen LogP contribution in [0.4, 0.5) is 5.69 Å². The van der Waals surface area contributed by atoms with Crippen LogP contribution in [-0.2, 0) is 22.2 Å². The molecule has 3 aromatic rings. The van der Waals surface area contributed by atoms with Crippen LogP contribution in [0.5, 0.6) is 5.75 Å². The molecule has 1 aliphatic heterocycles. The lowest BCUT2D eigenvalue weighted by molar-refractivity contribution is -0.131. The van der Waals surface area contributed by atoms with Crippen molar-refractivity contribution in [2.75, 3.05) is 31.4 Å². The number of carboxylic acids is 1. The second kappa shape index (κ2) is 12.6. The van der Waals surface area contributed by atoms with E-state index in [2.05, 4.69) is 9.62 Å². The van der Waals surface area contributed by atoms with Gasteiger partial charge >= 0.3 is 5.97 Å². The molecule has 4 N–H and O–H groups in total. The maximum Gasteiger partial charge on any atom is 0.339 e. The largest absolute Gasteiger partial charge is 0.507 e. The number of phenols is 1. The van der Waals surface area contributed by atoms with E-state index in [0.717, 1.165) is 18.2 Å². The molecule has 1 saturated heterocycles. The van der Waals surface area contributed by atoms with E-state index >= 15 is 0 Å². The van der Waals surface area contributed by atoms with E-state index in [1.54, 1.807) is 30.1 Å². The minimum Gasteiger partial charge on any atom is -0.507 e. The second-order valence-electron chi connectivity index (χ2n) is 9.47. The van der Waals surface area contributed by atoms with E-state index in [0.29, 0.717) is 35.8 Å². The Hall–Kier alpha value is -3.44. The van der Waals surface area contributed by atoms with E-state index in [4.69, 9.17) is 11.6 Å². The number of hydrogen-bond acceptors (Lipinski definition) is 6. The maximum atomic E-state index is 13.6. The Morgan fingerprint density at radius 3 is 2.56 bits per heavy atom. The molecule has 1 heterocycles. The number of rotatable bonds is 10. The molecule has 0 radical (unpaired) electrons. The lowest BCUT2D eigenvalue weighted by Crippen LogP contribution is -2.39. The fourth-order valence-electron chi connectivity index (χ4n) is 4.58. The number of likely N-dealkylation sites (tertiary alicyclic amines) is 1. The van der Waals surface area contributed by atoms with Gasteiger partial charge in [0.15, 0.2) is 0 Å². The van der Waals surface area contributed by atoms with Crippen molar-refractivity contribution in [1.82, 2.24) is 9.80 Å². The van der Waals surface area contributed by atoms with Crippen LogP contribution in [0.2, 0.25) is 5.02 Å². The molecule has 2 unspecified atom stereocenters. The topological polar surface area (TPSA) is 130 Å². The predicted octanol–water partition coefficient (Wildman–Crippen LogP) is 3.69. The van der Waals surface area contributed by atoms with Crippen molar-refractivity contribution < 1.29 is 29.1 Å². The first-order valence-corrected chi connectivity index (χ1v) is 13.9. The summed E-state index contributed by atoms with van der Waals surface area (Å²) in [7, 11) is -0.138. The SMILES string of the molecule is CN(C(=O)Cc1cc(Cl)ccc1NS(=O)c1ccc(O)c(C(=O)O)c1)[C@H](CN1CCC(O)C1)c1ccccc1. The van der Waals surface area contributed by atoms with Gasteiger partial charge in [0.05, 0.1) is 29.1 Å². The number of amides is 1. The molecule has 206 valence electrons. The van der Waals surface area contributed by atoms with Crippen LogP contribution in [0.1, 0.15) is 33.9 Å². The van der Waals surface area contributed by atoms with Crippen molar-refractivity contribution in [1.29, 1.82) is 0 Å². The molecular weight excluding hydrogens is 542 g/mol. The van der Waals surface area contributed by atoms with E-state index in [9.17, 15) is 29.1 Å². The Bertz CT molecular complexity index is 1370. The molecule has 0 saturated carbocycles. The van der Waals surface area contributed by atoms with Gasteiger partial charge in [0, 0.05) is 31.7 Å². The van der Waals surface area contributed by atoms with Gasteiger partial charge in [0.1, 0.15) is 22.3 Å². The molecule has 0 bridgehead atoms. The molecular formula is C28H30ClN3O6S. The highest BCUT2D eigenvalue weighted by Gasteiger charge is 2.28. The number of halogens is 1. The van der Waals surface area contributed by atoms with Crippen molar-refractivity contribution in [2.24, 2.45) is 0 Å². The highest BCUT2D eigenvalue weighted by atomic mass is 35.5. The third kappa shape index (κ3) is 7.15. The van der Waals surface area contributed by atoms with Gasteiger partial charge in [-0.15, -0.1) is 0 Å². The van der Waals surface area contributed by atoms with Crippen molar-refractivity contribution in [3.63, 3.8) is 0 Å². The number of nitrogens with zero attached hydrogens (tertiary/aromatic N) is 2. The van der Waals surface area contributed by atoms with Gasteiger partial charge in [0.2, 0.25) is 5.91 Å². The zero-order valence-corrected chi connectivity index (χ0v) is 22.9. The summed E-state index contributed by atoms with van der Waals surface area (Å²) in [5, 5.41) is 29.4. The van der Waals surface area contributed by atoms with E-state index in [1.165, 1.54) is 12.1 Å². The van der Waals surface area contributed by atoms with Gasteiger partial charge in [-0.05, 0) is 53.9 Å². The van der Waals surface area contributed by atoms with Crippen LogP contribution in [0, 0.1) is 0 Å². The number of carbonyl (C=O) groups excluding carboxylic acids is 1. The summed E-state index contributed by atoms with van der Waals surface area (Å²) in [5.41, 5.74) is 1.53. The number of carbonyl (C=O) groups is 2. The third-order valence-electron chi connectivity index (χ3n) is 6.75. The first-order chi connectivity index (χ1) is 18.6. The Morgan fingerprint density at radius 2 is 1.90 bits per heavy atom. The molecule has 0 aliphatic carbocycles. The first kappa shape index (κ1) is 28.6. The second-order valence-corrected chi connectivity index (χ2v) is 11.1. The standard InChI is InChI=1S/C28H30ClN3O6S/c1-31(25(18-5-3-2-4-6-18)17-32-12-11-21(33)16-32)27(35)14-19-13-20(29)7-9-24(19)30-39(38)22-8-10-26(34)23(15-22)28(36)37/h2-10,13,15,21,25,30,33-34H,11-12,14,16-17H2,1H3,(H,36,37)/t21?,25-,39?/m1/s1. The Kier molecular flexibility index (Phi) is 9.24. The summed E-state index contributed by atoms with van der Waals surface area (Å²) in [6.45, 7) is 1.88. The molecule has 39 heavy (non-hydrogen) atoms. The quantitative estimate of drug-likeness (QED) is 0.292. The summed E-state index contributed by atoms with van der Waals surface area (Å²) in [6, 6.07) is 18.0. The number of hydrogen-bond donors (Lipinski definition) is 4. The number of aliphatic hydroxyl groups is 1. The summed E-state index contributed by atoms with van der Waals surface area (Å²) in [6.07, 6.45) is 0.296. The summed E-state index contributed by atoms with van der Waals surface area (Å²) in [4.78, 5) is 28.9. The van der Waals surface area contributed by atoms with Crippen LogP contribution in [0.15, 0.2) is 71.6 Å². The van der Waals surface area contributed by atoms with E-state index < -0.39 is 22.7 Å². The normalized spacial score (nSPS) is 16.9. The molecule has 0 aromatic heterocycles. The minimum absolute atomic E-state index is 0.0293. The number of β-amino-alcohol motifs (C(OH)–C–C–N with tert-alkyl or cyclic N) is 1. The van der Waals surface area contributed by atoms with Crippen molar-refractivity contribution in [3.05, 3.63) is 88.4 Å². The minimum atomic E-state index is -1.88. The number of aromatic carboxylic acids is 1. The van der Waals surface area contributed by atoms with Crippen LogP contribution < -0.4 is 4.72 Å². The average molecular weight is 572 g/mol. The maximum absolute atomic E-state index is 13.6. The van der Waals surface area contributed by atoms with E-state index in [1.807, 2.05) is 30.3 Å². The lowest BCUT2D eigenvalue weighted by Gasteiger charge is -2.32. The van der Waals surface area contributed by atoms with Gasteiger partial charge in [-0.2, -0.15) is 0 Å². The van der Waals surface area contributed by atoms with Crippen LogP contribution in [0.3, 0.4) is 0 Å². The molecule has 3 aromatic carbocycles. The van der Waals surface area contributed by atoms with Gasteiger partial charge in [-0.1, -0.05) is 41.9 Å². The fraction of sp³-hybridized carbons (Fsp3) is 0.286. The van der Waals surface area contributed by atoms with Crippen LogP contribution in [-0.4, -0.2) is 74.0 Å². The van der Waals surface area contributed by atoms with Crippen LogP contribution in [0.25, 0.3) is 0 Å². The average Bonchev–Trinajstić information content (AvgIpc) is 3.33. The summed E-state index contributed by atoms with van der Waals surface area (Å²) >= 11 is 6.24. The molecule has 9 nitrogen and oxygen atoms in total. The number of nitrogens with one attached hydrogen (secondary N) is 1. The molecule has 1 fully saturated rings. The summed E-state index contributed by atoms with van der Waals surface area (Å²) in [5.74, 6) is -1.96. The Labute approximate surface area is 234 Å². The summed E-state index contributed by atoms with van der Waals surface area (Å²) < 4.78 is 15.9. The van der Waals surface area contributed by atoms with Crippen molar-refractivity contribution >= 4 is 40.2 Å². The third-order valence-corrected chi connectivity index (χ3v) is 8.07. The number of aromatic hydroxyl groups is 1. The number of aliphatic hydroxyl groups excluding tert-OH is 1. The highest BCUT2D eigenvalue weighted by molar-refractivity contribution is 7.86. The van der Waals surface area contributed by atoms with Gasteiger partial charge in [0.25, 0.3) is 0 Å². The molecule has 3 atom stereocenters. The Balaban J connectivity index is 1.54. The zero-order chi connectivity index (χ0) is 28.1. The molecule has 0 spiro atoms. The molecule has 1 amide bonds. The predicted molar refractivity (Wildman–Crippen MR) is 149 cm³/mol. The molecule has 11 heteroatoms. The number of anilines is 1. The highest BCUT2D eigenvalue weighted by Crippen LogP contribution is 2.28. The van der Waals surface area contributed by atoms with E-state index in [-0.39, 0.29) is 34.9 Å². The van der Waals surface area contributed by atoms with Gasteiger partial charge in [-0.25, -0.2) is 9.00 Å². The number of likely N-dealkylation sites (N-methyl/N-ethyl adjacent to an activating group) is 1. The van der Waals surface area contributed by atoms with Gasteiger partial charge < -0.3 is 24.9 Å². The van der Waals surface area contributed by atoms with Crippen LogP contribution >= 0.6 is 11.6 Å². The molecule has 1 aliphatic rings. The fourth-order valence-corrected chi connectivity index (χ4v) is 5.71. The monoisotopic (exact) mass is 571 g/mol. The van der Waals surface area contributed by atoms with Gasteiger partial charge in [-0.3, -0.25) is 9.69 Å². The lowest BCUT2D eigenvalue weighted by atomic mass is 10.0. The first-order valence-electron chi connectivity index (χ1n) is 12.4. The van der Waals surface area contributed by atoms with Crippen molar-refractivity contribution in [2.45, 2.75) is 29.9 Å². The number of benzene rings is 3. The smallest absolute Gasteiger partial charge is 0.339 e. The molecule has 4 rings (SSSR count). The Morgan fingerprint density at radius 1 is 1.15 bits per heavy atom.